The number of fused-ring (bicyclic) bond motifs is 3. The fourth-order valence-corrected chi connectivity index (χ4v) is 5.20. The SMILES string of the molecule is Cn1c(-c2ccccc2C(F)(F)F)nnc1C12CCC(c3nnco3)(CC1)CC2. The van der Waals surface area contributed by atoms with Crippen LogP contribution in [0.1, 0.15) is 55.8 Å². The minimum atomic E-state index is -4.44. The largest absolute Gasteiger partial charge is 0.427 e. The van der Waals surface area contributed by atoms with Crippen molar-refractivity contribution < 1.29 is 17.6 Å². The summed E-state index contributed by atoms with van der Waals surface area (Å²) in [5, 5.41) is 16.5. The summed E-state index contributed by atoms with van der Waals surface area (Å²) in [5.74, 6) is 1.72. The predicted molar refractivity (Wildman–Crippen MR) is 96.8 cm³/mol. The smallest absolute Gasteiger partial charge is 0.417 e. The minimum Gasteiger partial charge on any atom is -0.427 e. The molecule has 0 saturated heterocycles. The van der Waals surface area contributed by atoms with Crippen LogP contribution in [0, 0.1) is 0 Å². The van der Waals surface area contributed by atoms with Crippen molar-refractivity contribution in [3.8, 4) is 11.4 Å². The first-order valence-corrected chi connectivity index (χ1v) is 9.68. The highest BCUT2D eigenvalue weighted by Gasteiger charge is 2.54. The van der Waals surface area contributed by atoms with Crippen LogP contribution in [0.15, 0.2) is 35.1 Å². The van der Waals surface area contributed by atoms with E-state index in [1.807, 2.05) is 0 Å². The summed E-state index contributed by atoms with van der Waals surface area (Å²) in [7, 11) is 1.76. The van der Waals surface area contributed by atoms with Gasteiger partial charge in [-0.2, -0.15) is 13.2 Å². The van der Waals surface area contributed by atoms with Crippen molar-refractivity contribution in [3.05, 3.63) is 47.9 Å². The Kier molecular flexibility index (Phi) is 3.88. The Hall–Kier alpha value is -2.71. The average molecular weight is 403 g/mol. The van der Waals surface area contributed by atoms with Gasteiger partial charge >= 0.3 is 6.18 Å². The summed E-state index contributed by atoms with van der Waals surface area (Å²) in [6.07, 6.45) is 2.25. The predicted octanol–water partition coefficient (Wildman–Crippen LogP) is 4.43. The maximum atomic E-state index is 13.5. The number of hydrogen-bond donors (Lipinski definition) is 0. The van der Waals surface area contributed by atoms with Crippen LogP contribution in [0.4, 0.5) is 13.2 Å². The minimum absolute atomic E-state index is 0.0597. The van der Waals surface area contributed by atoms with Crippen LogP contribution in [0.3, 0.4) is 0 Å². The second-order valence-electron chi connectivity index (χ2n) is 8.25. The Labute approximate surface area is 165 Å². The molecular weight excluding hydrogens is 383 g/mol. The van der Waals surface area contributed by atoms with E-state index < -0.39 is 11.7 Å². The molecule has 0 unspecified atom stereocenters. The molecular formula is C20H20F3N5O. The Balaban J connectivity index is 1.50. The Morgan fingerprint density at radius 2 is 1.59 bits per heavy atom. The van der Waals surface area contributed by atoms with Crippen LogP contribution < -0.4 is 0 Å². The molecule has 3 fully saturated rings. The third kappa shape index (κ3) is 2.70. The van der Waals surface area contributed by atoms with E-state index in [1.165, 1.54) is 18.5 Å². The molecule has 0 amide bonds. The second kappa shape index (κ2) is 6.14. The number of halogens is 3. The number of aromatic nitrogens is 5. The lowest BCUT2D eigenvalue weighted by Crippen LogP contribution is -2.47. The molecule has 152 valence electrons. The Morgan fingerprint density at radius 1 is 0.931 bits per heavy atom. The molecule has 2 bridgehead atoms. The summed E-state index contributed by atoms with van der Waals surface area (Å²) < 4.78 is 47.7. The molecule has 0 radical (unpaired) electrons. The summed E-state index contributed by atoms with van der Waals surface area (Å²) in [5.41, 5.74) is -0.885. The Bertz CT molecular complexity index is 1020. The van der Waals surface area contributed by atoms with Gasteiger partial charge in [0.1, 0.15) is 5.82 Å². The summed E-state index contributed by atoms with van der Waals surface area (Å²) in [4.78, 5) is 0. The van der Waals surface area contributed by atoms with Crippen molar-refractivity contribution in [2.24, 2.45) is 7.05 Å². The summed E-state index contributed by atoms with van der Waals surface area (Å²) in [6.45, 7) is 0. The molecule has 3 aliphatic carbocycles. The first-order valence-electron chi connectivity index (χ1n) is 9.68. The third-order valence-electron chi connectivity index (χ3n) is 6.88. The van der Waals surface area contributed by atoms with Crippen molar-refractivity contribution in [2.75, 3.05) is 0 Å². The lowest BCUT2D eigenvalue weighted by atomic mass is 9.53. The fraction of sp³-hybridized carbons (Fsp3) is 0.500. The number of rotatable bonds is 3. The van der Waals surface area contributed by atoms with E-state index >= 15 is 0 Å². The molecule has 0 aliphatic heterocycles. The van der Waals surface area contributed by atoms with E-state index in [0.717, 1.165) is 50.4 Å². The topological polar surface area (TPSA) is 69.6 Å². The van der Waals surface area contributed by atoms with Crippen LogP contribution in [0.25, 0.3) is 11.4 Å². The van der Waals surface area contributed by atoms with Crippen LogP contribution >= 0.6 is 0 Å². The van der Waals surface area contributed by atoms with Crippen molar-refractivity contribution >= 4 is 0 Å². The van der Waals surface area contributed by atoms with E-state index in [2.05, 4.69) is 20.4 Å². The average Bonchev–Trinajstić information content (AvgIpc) is 3.39. The molecule has 29 heavy (non-hydrogen) atoms. The van der Waals surface area contributed by atoms with Gasteiger partial charge in [0.2, 0.25) is 12.3 Å². The number of benzene rings is 1. The molecule has 2 heterocycles. The monoisotopic (exact) mass is 403 g/mol. The maximum absolute atomic E-state index is 13.5. The van der Waals surface area contributed by atoms with Gasteiger partial charge in [0, 0.05) is 23.4 Å². The van der Waals surface area contributed by atoms with Gasteiger partial charge in [-0.3, -0.25) is 0 Å². The number of nitrogens with zero attached hydrogens (tertiary/aromatic N) is 5. The molecule has 6 rings (SSSR count). The van der Waals surface area contributed by atoms with Gasteiger partial charge in [-0.05, 0) is 44.6 Å². The first-order chi connectivity index (χ1) is 13.8. The van der Waals surface area contributed by atoms with Gasteiger partial charge < -0.3 is 8.98 Å². The number of hydrogen-bond acceptors (Lipinski definition) is 5. The van der Waals surface area contributed by atoms with Gasteiger partial charge in [-0.25, -0.2) is 0 Å². The molecule has 3 saturated carbocycles. The first kappa shape index (κ1) is 18.3. The highest BCUT2D eigenvalue weighted by atomic mass is 19.4. The molecule has 1 aromatic carbocycles. The van der Waals surface area contributed by atoms with E-state index in [-0.39, 0.29) is 22.2 Å². The van der Waals surface area contributed by atoms with E-state index in [4.69, 9.17) is 4.42 Å². The lowest BCUT2D eigenvalue weighted by molar-refractivity contribution is -0.137. The summed E-state index contributed by atoms with van der Waals surface area (Å²) >= 11 is 0. The van der Waals surface area contributed by atoms with Gasteiger partial charge in [0.05, 0.1) is 5.56 Å². The van der Waals surface area contributed by atoms with E-state index in [1.54, 1.807) is 17.7 Å². The van der Waals surface area contributed by atoms with Gasteiger partial charge in [-0.15, -0.1) is 20.4 Å². The van der Waals surface area contributed by atoms with Crippen LogP contribution in [0.5, 0.6) is 0 Å². The molecule has 3 aliphatic rings. The van der Waals surface area contributed by atoms with Crippen LogP contribution in [0.2, 0.25) is 0 Å². The van der Waals surface area contributed by atoms with E-state index in [0.29, 0.717) is 5.89 Å². The molecule has 0 N–H and O–H groups in total. The highest BCUT2D eigenvalue weighted by molar-refractivity contribution is 5.61. The second-order valence-corrected chi connectivity index (χ2v) is 8.25. The zero-order chi connectivity index (χ0) is 20.3. The van der Waals surface area contributed by atoms with Gasteiger partial charge in [0.15, 0.2) is 5.82 Å². The third-order valence-corrected chi connectivity index (χ3v) is 6.88. The lowest BCUT2D eigenvalue weighted by Gasteiger charge is -2.51. The molecule has 9 heteroatoms. The van der Waals surface area contributed by atoms with Crippen molar-refractivity contribution in [2.45, 2.75) is 55.5 Å². The molecule has 0 spiro atoms. The standard InChI is InChI=1S/C20H20F3N5O/c1-28-15(13-4-2-3-5-14(13)20(21,22)23)25-26-16(28)18-6-9-19(10-7-18,11-8-18)17-27-24-12-29-17/h2-5,12H,6-11H2,1H3. The molecule has 6 nitrogen and oxygen atoms in total. The quantitative estimate of drug-likeness (QED) is 0.647. The van der Waals surface area contributed by atoms with Crippen LogP contribution in [-0.2, 0) is 24.1 Å². The van der Waals surface area contributed by atoms with Crippen molar-refractivity contribution in [1.82, 2.24) is 25.0 Å². The van der Waals surface area contributed by atoms with Gasteiger partial charge in [-0.1, -0.05) is 18.2 Å². The molecule has 0 atom stereocenters. The fourth-order valence-electron chi connectivity index (χ4n) is 5.20. The molecule has 2 aromatic heterocycles. The zero-order valence-electron chi connectivity index (χ0n) is 15.9. The van der Waals surface area contributed by atoms with E-state index in [9.17, 15) is 13.2 Å². The van der Waals surface area contributed by atoms with Crippen molar-refractivity contribution in [3.63, 3.8) is 0 Å². The molecule has 3 aromatic rings. The van der Waals surface area contributed by atoms with Crippen molar-refractivity contribution in [1.29, 1.82) is 0 Å². The number of alkyl halides is 3. The zero-order valence-corrected chi connectivity index (χ0v) is 15.9. The van der Waals surface area contributed by atoms with Crippen LogP contribution in [-0.4, -0.2) is 25.0 Å². The summed E-state index contributed by atoms with van der Waals surface area (Å²) in [6, 6.07) is 5.53. The normalized spacial score (nSPS) is 26.8. The maximum Gasteiger partial charge on any atom is 0.417 e. The Morgan fingerprint density at radius 3 is 2.21 bits per heavy atom. The van der Waals surface area contributed by atoms with Gasteiger partial charge in [0.25, 0.3) is 0 Å². The highest BCUT2D eigenvalue weighted by Crippen LogP contribution is 2.58.